The summed E-state index contributed by atoms with van der Waals surface area (Å²) in [5.41, 5.74) is 4.34. The van der Waals surface area contributed by atoms with Gasteiger partial charge in [-0.05, 0) is 24.6 Å². The van der Waals surface area contributed by atoms with Crippen molar-refractivity contribution in [2.75, 3.05) is 0 Å². The summed E-state index contributed by atoms with van der Waals surface area (Å²) < 4.78 is 3.61. The Hall–Kier alpha value is -3.25. The summed E-state index contributed by atoms with van der Waals surface area (Å²) in [6.07, 6.45) is 3.48. The first-order valence-electron chi connectivity index (χ1n) is 8.12. The molecule has 0 bridgehead atoms. The molecule has 126 valence electrons. The summed E-state index contributed by atoms with van der Waals surface area (Å²) in [5.74, 6) is 0.762. The van der Waals surface area contributed by atoms with Crippen molar-refractivity contribution in [2.24, 2.45) is 0 Å². The van der Waals surface area contributed by atoms with Crippen LogP contribution in [0.15, 0.2) is 61.1 Å². The Balaban J connectivity index is 1.76. The Kier molecular flexibility index (Phi) is 3.26. The van der Waals surface area contributed by atoms with Crippen LogP contribution >= 0.6 is 11.6 Å². The Labute approximate surface area is 153 Å². The van der Waals surface area contributed by atoms with E-state index in [-0.39, 0.29) is 0 Å². The van der Waals surface area contributed by atoms with E-state index < -0.39 is 0 Å². The normalized spacial score (nSPS) is 11.5. The lowest BCUT2D eigenvalue weighted by molar-refractivity contribution is 0.893. The number of fused-ring (bicyclic) bond motifs is 3. The van der Waals surface area contributed by atoms with Gasteiger partial charge in [-0.1, -0.05) is 48.0 Å². The standard InChI is InChI=1S/C19H13ClN6/c1-12-6-2-3-7-13(12)18-23-24-19-14-10-22-26(17(14)21-11-25(18)19)16-9-5-4-8-15(16)20/h2-11H,1H3. The molecular weight excluding hydrogens is 348 g/mol. The maximum absolute atomic E-state index is 6.31. The van der Waals surface area contributed by atoms with Crippen LogP contribution in [0, 0.1) is 6.92 Å². The molecule has 3 aromatic heterocycles. The first-order valence-corrected chi connectivity index (χ1v) is 8.50. The molecule has 0 unspecified atom stereocenters. The number of hydrogen-bond acceptors (Lipinski definition) is 4. The van der Waals surface area contributed by atoms with Crippen LogP contribution in [0.2, 0.25) is 5.02 Å². The number of rotatable bonds is 2. The molecule has 26 heavy (non-hydrogen) atoms. The van der Waals surface area contributed by atoms with Crippen molar-refractivity contribution in [3.8, 4) is 17.1 Å². The van der Waals surface area contributed by atoms with Gasteiger partial charge in [0, 0.05) is 5.56 Å². The predicted octanol–water partition coefficient (Wildman–Crippen LogP) is 4.09. The average Bonchev–Trinajstić information content (AvgIpc) is 3.26. The average molecular weight is 361 g/mol. The van der Waals surface area contributed by atoms with E-state index in [1.165, 1.54) is 0 Å². The molecule has 5 rings (SSSR count). The predicted molar refractivity (Wildman–Crippen MR) is 101 cm³/mol. The molecule has 0 aliphatic heterocycles. The third-order valence-electron chi connectivity index (χ3n) is 4.44. The van der Waals surface area contributed by atoms with Crippen molar-refractivity contribution in [1.29, 1.82) is 0 Å². The largest absolute Gasteiger partial charge is 0.265 e. The monoisotopic (exact) mass is 360 g/mol. The van der Waals surface area contributed by atoms with Crippen molar-refractivity contribution in [2.45, 2.75) is 6.92 Å². The van der Waals surface area contributed by atoms with Crippen LogP contribution < -0.4 is 0 Å². The quantitative estimate of drug-likeness (QED) is 0.475. The lowest BCUT2D eigenvalue weighted by Crippen LogP contribution is -2.00. The minimum Gasteiger partial charge on any atom is -0.265 e. The highest BCUT2D eigenvalue weighted by Crippen LogP contribution is 2.27. The second kappa shape index (κ2) is 5.64. The topological polar surface area (TPSA) is 60.9 Å². The third-order valence-corrected chi connectivity index (χ3v) is 4.76. The van der Waals surface area contributed by atoms with E-state index in [4.69, 9.17) is 11.6 Å². The molecule has 3 heterocycles. The fourth-order valence-electron chi connectivity index (χ4n) is 3.13. The molecule has 6 nitrogen and oxygen atoms in total. The number of hydrogen-bond donors (Lipinski definition) is 0. The number of benzene rings is 2. The van der Waals surface area contributed by atoms with Crippen LogP contribution in [0.1, 0.15) is 5.56 Å². The van der Waals surface area contributed by atoms with Crippen LogP contribution in [0.3, 0.4) is 0 Å². The molecule has 0 saturated heterocycles. The molecule has 7 heteroatoms. The highest BCUT2D eigenvalue weighted by atomic mass is 35.5. The van der Waals surface area contributed by atoms with Gasteiger partial charge < -0.3 is 0 Å². The van der Waals surface area contributed by atoms with Gasteiger partial charge in [0.15, 0.2) is 17.1 Å². The molecule has 0 spiro atoms. The molecule has 0 aliphatic rings. The van der Waals surface area contributed by atoms with Gasteiger partial charge in [-0.3, -0.25) is 4.40 Å². The third kappa shape index (κ3) is 2.12. The van der Waals surface area contributed by atoms with E-state index >= 15 is 0 Å². The second-order valence-electron chi connectivity index (χ2n) is 6.02. The minimum atomic E-state index is 0.612. The number of nitrogens with zero attached hydrogens (tertiary/aromatic N) is 6. The molecule has 0 amide bonds. The van der Waals surface area contributed by atoms with Crippen molar-refractivity contribution >= 4 is 28.3 Å². The van der Waals surface area contributed by atoms with Gasteiger partial charge in [0.2, 0.25) is 0 Å². The number of aromatic nitrogens is 6. The molecule has 0 fully saturated rings. The maximum Gasteiger partial charge on any atom is 0.175 e. The zero-order valence-electron chi connectivity index (χ0n) is 13.8. The molecule has 0 aliphatic carbocycles. The van der Waals surface area contributed by atoms with E-state index in [0.717, 1.165) is 28.0 Å². The van der Waals surface area contributed by atoms with E-state index in [0.29, 0.717) is 16.3 Å². The summed E-state index contributed by atoms with van der Waals surface area (Å²) in [6.45, 7) is 2.05. The number of para-hydroxylation sites is 1. The fraction of sp³-hybridized carbons (Fsp3) is 0.0526. The van der Waals surface area contributed by atoms with Crippen LogP contribution in [-0.4, -0.2) is 29.4 Å². The van der Waals surface area contributed by atoms with Gasteiger partial charge in [-0.25, -0.2) is 9.67 Å². The van der Waals surface area contributed by atoms with Gasteiger partial charge >= 0.3 is 0 Å². The van der Waals surface area contributed by atoms with E-state index in [9.17, 15) is 0 Å². The van der Waals surface area contributed by atoms with E-state index in [1.807, 2.05) is 46.9 Å². The summed E-state index contributed by atoms with van der Waals surface area (Å²) in [5, 5.41) is 14.7. The van der Waals surface area contributed by atoms with Crippen LogP contribution in [0.5, 0.6) is 0 Å². The molecule has 2 aromatic carbocycles. The Bertz CT molecular complexity index is 1170. The summed E-state index contributed by atoms with van der Waals surface area (Å²) >= 11 is 6.31. The van der Waals surface area contributed by atoms with E-state index in [2.05, 4.69) is 33.3 Å². The SMILES string of the molecule is Cc1ccccc1-c1nnc2c3cnn(-c4ccccc4Cl)c3ncn12. The number of halogens is 1. The smallest absolute Gasteiger partial charge is 0.175 e. The lowest BCUT2D eigenvalue weighted by Gasteiger charge is -2.06. The summed E-state index contributed by atoms with van der Waals surface area (Å²) in [7, 11) is 0. The van der Waals surface area contributed by atoms with E-state index in [1.54, 1.807) is 17.2 Å². The van der Waals surface area contributed by atoms with Crippen molar-refractivity contribution in [3.05, 3.63) is 71.6 Å². The lowest BCUT2D eigenvalue weighted by atomic mass is 10.1. The van der Waals surface area contributed by atoms with Crippen LogP contribution in [0.4, 0.5) is 0 Å². The molecule has 0 radical (unpaired) electrons. The van der Waals surface area contributed by atoms with Crippen LogP contribution in [0.25, 0.3) is 33.8 Å². The van der Waals surface area contributed by atoms with Gasteiger partial charge in [0.25, 0.3) is 0 Å². The Morgan fingerprint density at radius 3 is 2.58 bits per heavy atom. The molecular formula is C19H13ClN6. The first kappa shape index (κ1) is 15.0. The zero-order chi connectivity index (χ0) is 17.7. The minimum absolute atomic E-state index is 0.612. The molecule has 5 aromatic rings. The fourth-order valence-corrected chi connectivity index (χ4v) is 3.34. The Morgan fingerprint density at radius 2 is 1.73 bits per heavy atom. The number of aryl methyl sites for hydroxylation is 1. The highest BCUT2D eigenvalue weighted by Gasteiger charge is 2.16. The van der Waals surface area contributed by atoms with Crippen molar-refractivity contribution in [3.63, 3.8) is 0 Å². The van der Waals surface area contributed by atoms with Crippen molar-refractivity contribution < 1.29 is 0 Å². The van der Waals surface area contributed by atoms with Gasteiger partial charge in [0.05, 0.1) is 22.3 Å². The summed E-state index contributed by atoms with van der Waals surface area (Å²) in [4.78, 5) is 4.60. The molecule has 0 atom stereocenters. The van der Waals surface area contributed by atoms with Crippen LogP contribution in [-0.2, 0) is 0 Å². The second-order valence-corrected chi connectivity index (χ2v) is 6.43. The zero-order valence-corrected chi connectivity index (χ0v) is 14.6. The van der Waals surface area contributed by atoms with Crippen molar-refractivity contribution in [1.82, 2.24) is 29.4 Å². The first-order chi connectivity index (χ1) is 12.7. The highest BCUT2D eigenvalue weighted by molar-refractivity contribution is 6.32. The maximum atomic E-state index is 6.31. The molecule has 0 saturated carbocycles. The van der Waals surface area contributed by atoms with Gasteiger partial charge in [-0.2, -0.15) is 5.10 Å². The van der Waals surface area contributed by atoms with Gasteiger partial charge in [-0.15, -0.1) is 10.2 Å². The summed E-state index contributed by atoms with van der Waals surface area (Å²) in [6, 6.07) is 15.6. The molecule has 0 N–H and O–H groups in total. The van der Waals surface area contributed by atoms with Gasteiger partial charge in [0.1, 0.15) is 6.33 Å². The Morgan fingerprint density at radius 1 is 0.923 bits per heavy atom.